The van der Waals surface area contributed by atoms with Crippen LogP contribution in [0.3, 0.4) is 0 Å². The Hall–Kier alpha value is -2.23. The second-order valence-electron chi connectivity index (χ2n) is 20.0. The van der Waals surface area contributed by atoms with Crippen molar-refractivity contribution in [3.63, 3.8) is 0 Å². The van der Waals surface area contributed by atoms with Crippen LogP contribution in [0.5, 0.6) is 5.75 Å². The van der Waals surface area contributed by atoms with E-state index >= 15 is 0 Å². The van der Waals surface area contributed by atoms with Crippen molar-refractivity contribution >= 4 is 28.4 Å². The van der Waals surface area contributed by atoms with Gasteiger partial charge in [-0.3, -0.25) is 14.5 Å². The third-order valence-corrected chi connectivity index (χ3v) is 23.6. The molecule has 0 aromatic heterocycles. The molecule has 0 saturated heterocycles. The van der Waals surface area contributed by atoms with Gasteiger partial charge in [-0.1, -0.05) is 85.9 Å². The number of hydrogen-bond acceptors (Lipinski definition) is 4. The molecule has 2 saturated carbocycles. The van der Waals surface area contributed by atoms with Gasteiger partial charge < -0.3 is 8.85 Å². The van der Waals surface area contributed by atoms with Crippen molar-refractivity contribution in [1.82, 2.24) is 4.90 Å². The van der Waals surface area contributed by atoms with Crippen LogP contribution in [0, 0.1) is 23.2 Å². The molecule has 6 atom stereocenters. The number of fused-ring (bicyclic) bond motifs is 6. The second kappa shape index (κ2) is 13.9. The largest absolute Gasteiger partial charge is 0.543 e. The van der Waals surface area contributed by atoms with Gasteiger partial charge in [-0.15, -0.1) is 0 Å². The molecule has 5 nitrogen and oxygen atoms in total. The van der Waals surface area contributed by atoms with Gasteiger partial charge in [0.15, 0.2) is 8.32 Å². The van der Waals surface area contributed by atoms with Crippen molar-refractivity contribution in [2.24, 2.45) is 23.2 Å². The van der Waals surface area contributed by atoms with Gasteiger partial charge >= 0.3 is 0 Å². The van der Waals surface area contributed by atoms with Crippen LogP contribution in [0.2, 0.25) is 36.3 Å². The summed E-state index contributed by atoms with van der Waals surface area (Å²) in [5.74, 6) is 3.45. The zero-order chi connectivity index (χ0) is 37.1. The maximum Gasteiger partial charge on any atom is 0.261 e. The summed E-state index contributed by atoms with van der Waals surface area (Å²) >= 11 is 0. The predicted molar refractivity (Wildman–Crippen MR) is 215 cm³/mol. The molecule has 2 amide bonds. The average molecular weight is 730 g/mol. The molecule has 6 rings (SSSR count). The molecule has 0 bridgehead atoms. The normalized spacial score (nSPS) is 28.0. The third kappa shape index (κ3) is 7.22. The lowest BCUT2D eigenvalue weighted by Gasteiger charge is -2.54. The summed E-state index contributed by atoms with van der Waals surface area (Å²) in [5, 5.41) is 0.379. The summed E-state index contributed by atoms with van der Waals surface area (Å²) in [6, 6.07) is 14.4. The molecule has 2 fully saturated rings. The van der Waals surface area contributed by atoms with Gasteiger partial charge in [-0.2, -0.15) is 0 Å². The number of imide groups is 1. The molecular weight excluding hydrogens is 663 g/mol. The Kier molecular flexibility index (Phi) is 10.5. The standard InChI is InChI=1S/C44H67NO4Si2/c1-42(2,3)50(8,9)48-32-21-22-33-31(29-32)28-30(18-14-12-13-17-27-45-40(46)35-19-15-16-20-36(35)41(45)47)39-34(33)25-26-44(7)37(39)23-24-38(44)49-51(10,11)43(4,5)6/h15-16,19-22,29-30,34,37-39H,12-14,17-18,23-28H2,1-11H3/t30-,34-,37+,38+,39-,44+/m1/s1. The van der Waals surface area contributed by atoms with Crippen LogP contribution >= 0.6 is 0 Å². The number of amides is 2. The summed E-state index contributed by atoms with van der Waals surface area (Å²) in [6.45, 7) is 26.8. The molecule has 7 heteroatoms. The first-order chi connectivity index (χ1) is 23.7. The number of benzene rings is 2. The number of hydrogen-bond donors (Lipinski definition) is 0. The van der Waals surface area contributed by atoms with Crippen LogP contribution in [0.15, 0.2) is 42.5 Å². The van der Waals surface area contributed by atoms with E-state index in [4.69, 9.17) is 8.85 Å². The minimum atomic E-state index is -1.94. The molecule has 280 valence electrons. The van der Waals surface area contributed by atoms with Crippen LogP contribution in [0.25, 0.3) is 0 Å². The molecular formula is C44H67NO4Si2. The third-order valence-electron chi connectivity index (χ3n) is 14.8. The Morgan fingerprint density at radius 3 is 2.06 bits per heavy atom. The van der Waals surface area contributed by atoms with E-state index in [9.17, 15) is 9.59 Å². The van der Waals surface area contributed by atoms with E-state index in [1.54, 1.807) is 17.7 Å². The highest BCUT2D eigenvalue weighted by Gasteiger charge is 2.58. The number of rotatable bonds is 11. The Bertz CT molecular complexity index is 1580. The van der Waals surface area contributed by atoms with Crippen molar-refractivity contribution in [1.29, 1.82) is 0 Å². The first-order valence-corrected chi connectivity index (χ1v) is 26.0. The number of carbonyl (C=O) groups is 2. The SMILES string of the molecule is CC(C)(C)[Si](C)(C)Oc1ccc2c(c1)C[C@@H](CCCCCCN1C(=O)c3ccccc3C1=O)[C@@H]1[C@@H]2CC[C@]2(C)[C@@H](O[Si](C)(C)C(C)(C)C)CC[C@@H]12. The average Bonchev–Trinajstić information content (AvgIpc) is 3.49. The minimum absolute atomic E-state index is 0.132. The summed E-state index contributed by atoms with van der Waals surface area (Å²) in [5.41, 5.74) is 4.46. The molecule has 0 N–H and O–H groups in total. The summed E-state index contributed by atoms with van der Waals surface area (Å²) in [4.78, 5) is 27.2. The fourth-order valence-corrected chi connectivity index (χ4v) is 12.2. The lowest BCUT2D eigenvalue weighted by atomic mass is 9.52. The predicted octanol–water partition coefficient (Wildman–Crippen LogP) is 11.8. The van der Waals surface area contributed by atoms with Gasteiger partial charge in [0.05, 0.1) is 17.2 Å². The molecule has 1 aliphatic heterocycles. The highest BCUT2D eigenvalue weighted by molar-refractivity contribution is 6.75. The van der Waals surface area contributed by atoms with E-state index in [1.165, 1.54) is 49.0 Å². The van der Waals surface area contributed by atoms with E-state index in [-0.39, 0.29) is 27.3 Å². The summed E-state index contributed by atoms with van der Waals surface area (Å²) in [7, 11) is -3.82. The van der Waals surface area contributed by atoms with Gasteiger partial charge in [-0.05, 0) is 146 Å². The smallest absolute Gasteiger partial charge is 0.261 e. The Morgan fingerprint density at radius 2 is 1.43 bits per heavy atom. The van der Waals surface area contributed by atoms with Gasteiger partial charge in [-0.25, -0.2) is 0 Å². The fourth-order valence-electron chi connectivity index (χ4n) is 9.71. The number of unbranched alkanes of at least 4 members (excludes halogenated alkanes) is 3. The van der Waals surface area contributed by atoms with Crippen LogP contribution in [0.4, 0.5) is 0 Å². The topological polar surface area (TPSA) is 55.8 Å². The Labute approximate surface area is 311 Å². The van der Waals surface area contributed by atoms with Crippen molar-refractivity contribution in [2.45, 2.75) is 161 Å². The summed E-state index contributed by atoms with van der Waals surface area (Å²) < 4.78 is 14.1. The van der Waals surface area contributed by atoms with Crippen molar-refractivity contribution in [3.8, 4) is 5.75 Å². The van der Waals surface area contributed by atoms with E-state index in [1.807, 2.05) is 12.1 Å². The molecule has 2 aromatic rings. The zero-order valence-corrected chi connectivity index (χ0v) is 35.8. The van der Waals surface area contributed by atoms with Gasteiger partial charge in [0.25, 0.3) is 11.8 Å². The molecule has 3 aliphatic carbocycles. The number of carbonyl (C=O) groups excluding carboxylic acids is 2. The van der Waals surface area contributed by atoms with Crippen molar-refractivity contribution < 1.29 is 18.4 Å². The Morgan fingerprint density at radius 1 is 0.804 bits per heavy atom. The summed E-state index contributed by atoms with van der Waals surface area (Å²) in [6.07, 6.45) is 12.0. The minimum Gasteiger partial charge on any atom is -0.543 e. The van der Waals surface area contributed by atoms with E-state index in [0.29, 0.717) is 47.4 Å². The van der Waals surface area contributed by atoms with E-state index < -0.39 is 16.6 Å². The van der Waals surface area contributed by atoms with Crippen molar-refractivity contribution in [2.75, 3.05) is 6.54 Å². The van der Waals surface area contributed by atoms with Gasteiger partial charge in [0.2, 0.25) is 8.32 Å². The quantitative estimate of drug-likeness (QED) is 0.131. The molecule has 2 aromatic carbocycles. The number of nitrogens with zero attached hydrogens (tertiary/aromatic N) is 1. The highest BCUT2D eigenvalue weighted by atomic mass is 28.4. The monoisotopic (exact) mass is 729 g/mol. The lowest BCUT2D eigenvalue weighted by molar-refractivity contribution is -0.0344. The van der Waals surface area contributed by atoms with Gasteiger partial charge in [0.1, 0.15) is 5.75 Å². The maximum atomic E-state index is 12.9. The molecule has 1 heterocycles. The molecule has 0 unspecified atom stereocenters. The zero-order valence-electron chi connectivity index (χ0n) is 33.8. The van der Waals surface area contributed by atoms with Crippen LogP contribution in [-0.4, -0.2) is 46.0 Å². The van der Waals surface area contributed by atoms with Crippen LogP contribution in [-0.2, 0) is 10.8 Å². The fraction of sp³-hybridized carbons (Fsp3) is 0.682. The van der Waals surface area contributed by atoms with E-state index in [2.05, 4.69) is 92.9 Å². The van der Waals surface area contributed by atoms with E-state index in [0.717, 1.165) is 31.4 Å². The molecule has 51 heavy (non-hydrogen) atoms. The van der Waals surface area contributed by atoms with Crippen LogP contribution < -0.4 is 4.43 Å². The highest BCUT2D eigenvalue weighted by Crippen LogP contribution is 2.64. The second-order valence-corrected chi connectivity index (χ2v) is 29.5. The first-order valence-electron chi connectivity index (χ1n) is 20.2. The molecule has 4 aliphatic rings. The molecule has 0 spiro atoms. The van der Waals surface area contributed by atoms with Crippen LogP contribution in [0.1, 0.15) is 144 Å². The lowest BCUT2D eigenvalue weighted by Crippen LogP contribution is -2.51. The first kappa shape index (κ1) is 38.5. The van der Waals surface area contributed by atoms with Gasteiger partial charge in [0, 0.05) is 6.54 Å². The molecule has 0 radical (unpaired) electrons. The van der Waals surface area contributed by atoms with Crippen molar-refractivity contribution in [3.05, 3.63) is 64.7 Å². The maximum absolute atomic E-state index is 12.9. The Balaban J connectivity index is 1.17.